The molecule has 2 rings (SSSR count). The van der Waals surface area contributed by atoms with E-state index in [9.17, 15) is 14.7 Å². The first-order chi connectivity index (χ1) is 8.63. The Morgan fingerprint density at radius 2 is 2.06 bits per heavy atom. The van der Waals surface area contributed by atoms with Gasteiger partial charge in [-0.2, -0.15) is 0 Å². The van der Waals surface area contributed by atoms with Crippen LogP contribution in [0.4, 0.5) is 4.79 Å². The van der Waals surface area contributed by atoms with Crippen LogP contribution in [-0.4, -0.2) is 34.3 Å². The van der Waals surface area contributed by atoms with Crippen LogP contribution in [0.5, 0.6) is 0 Å². The first kappa shape index (κ1) is 12.3. The van der Waals surface area contributed by atoms with E-state index in [-0.39, 0.29) is 0 Å². The van der Waals surface area contributed by atoms with E-state index < -0.39 is 18.0 Å². The number of carboxylic acid groups (broad SMARTS) is 1. The lowest BCUT2D eigenvalue weighted by Gasteiger charge is -2.32. The monoisotopic (exact) mass is 246 g/mol. The quantitative estimate of drug-likeness (QED) is 0.767. The minimum Gasteiger partial charge on any atom is -0.480 e. The van der Waals surface area contributed by atoms with Gasteiger partial charge in [0.25, 0.3) is 0 Å². The molecule has 0 bridgehead atoms. The molecule has 1 heterocycles. The predicted octanol–water partition coefficient (Wildman–Crippen LogP) is 1.71. The van der Waals surface area contributed by atoms with E-state index in [4.69, 9.17) is 0 Å². The van der Waals surface area contributed by atoms with Crippen molar-refractivity contribution < 1.29 is 14.7 Å². The molecule has 0 aliphatic carbocycles. The number of aliphatic carboxylic acids is 1. The van der Waals surface area contributed by atoms with Gasteiger partial charge in [0.1, 0.15) is 6.04 Å². The highest BCUT2D eigenvalue weighted by atomic mass is 16.4. The Labute approximate surface area is 105 Å². The summed E-state index contributed by atoms with van der Waals surface area (Å²) in [5.41, 5.74) is 1.96. The largest absolute Gasteiger partial charge is 0.480 e. The standard InChI is InChI=1S/C13H14N2O3/c1-2-14-13(18)15-8-10-6-4-3-5-9(10)7-11(15)12(16)17/h2-6,11H,7-8H2,1H3,(H,16,17). The number of carbonyl (C=O) groups is 2. The fourth-order valence-electron chi connectivity index (χ4n) is 2.13. The molecule has 0 saturated carbocycles. The lowest BCUT2D eigenvalue weighted by Crippen LogP contribution is -2.47. The Kier molecular flexibility index (Phi) is 3.41. The van der Waals surface area contributed by atoms with E-state index in [1.165, 1.54) is 11.1 Å². The van der Waals surface area contributed by atoms with Crippen molar-refractivity contribution in [1.29, 1.82) is 0 Å². The SMILES string of the molecule is CC=NC(=O)N1Cc2ccccc2CC1C(=O)O. The van der Waals surface area contributed by atoms with Crippen molar-refractivity contribution in [2.75, 3.05) is 0 Å². The maximum atomic E-state index is 11.8. The Morgan fingerprint density at radius 1 is 1.39 bits per heavy atom. The number of benzene rings is 1. The van der Waals surface area contributed by atoms with Gasteiger partial charge < -0.3 is 10.0 Å². The van der Waals surface area contributed by atoms with Gasteiger partial charge in [0.15, 0.2) is 0 Å². The van der Waals surface area contributed by atoms with E-state index in [2.05, 4.69) is 4.99 Å². The summed E-state index contributed by atoms with van der Waals surface area (Å²) in [6.07, 6.45) is 1.71. The van der Waals surface area contributed by atoms with Crippen molar-refractivity contribution in [2.45, 2.75) is 25.9 Å². The number of hydrogen-bond donors (Lipinski definition) is 1. The van der Waals surface area contributed by atoms with E-state index in [1.54, 1.807) is 6.92 Å². The fourth-order valence-corrected chi connectivity index (χ4v) is 2.13. The number of urea groups is 1. The van der Waals surface area contributed by atoms with Crippen molar-refractivity contribution in [2.24, 2.45) is 4.99 Å². The molecule has 1 aliphatic heterocycles. The third-order valence-corrected chi connectivity index (χ3v) is 3.02. The summed E-state index contributed by atoms with van der Waals surface area (Å²) in [7, 11) is 0. The lowest BCUT2D eigenvalue weighted by molar-refractivity contribution is -0.142. The molecule has 5 heteroatoms. The summed E-state index contributed by atoms with van der Waals surface area (Å²) in [4.78, 5) is 28.0. The third kappa shape index (κ3) is 2.25. The minimum atomic E-state index is -0.996. The van der Waals surface area contributed by atoms with Crippen molar-refractivity contribution in [3.63, 3.8) is 0 Å². The van der Waals surface area contributed by atoms with Gasteiger partial charge in [-0.3, -0.25) is 0 Å². The van der Waals surface area contributed by atoms with Gasteiger partial charge in [-0.15, -0.1) is 0 Å². The molecule has 0 saturated heterocycles. The molecule has 0 aromatic heterocycles. The van der Waals surface area contributed by atoms with Crippen LogP contribution in [0.1, 0.15) is 18.1 Å². The van der Waals surface area contributed by atoms with Crippen LogP contribution in [0.25, 0.3) is 0 Å². The number of carbonyl (C=O) groups excluding carboxylic acids is 1. The molecule has 0 spiro atoms. The van der Waals surface area contributed by atoms with E-state index >= 15 is 0 Å². The topological polar surface area (TPSA) is 70.0 Å². The first-order valence-corrected chi connectivity index (χ1v) is 5.72. The van der Waals surface area contributed by atoms with Crippen LogP contribution in [-0.2, 0) is 17.8 Å². The van der Waals surface area contributed by atoms with E-state index in [0.717, 1.165) is 11.1 Å². The molecule has 1 atom stereocenters. The average molecular weight is 246 g/mol. The summed E-state index contributed by atoms with van der Waals surface area (Å²) in [5, 5.41) is 9.21. The Bertz CT molecular complexity index is 511. The smallest absolute Gasteiger partial charge is 0.344 e. The fraction of sp³-hybridized carbons (Fsp3) is 0.308. The van der Waals surface area contributed by atoms with Crippen LogP contribution >= 0.6 is 0 Å². The van der Waals surface area contributed by atoms with Gasteiger partial charge in [-0.05, 0) is 18.1 Å². The number of aliphatic imine (C=N–C) groups is 1. The van der Waals surface area contributed by atoms with Crippen molar-refractivity contribution in [1.82, 2.24) is 4.90 Å². The van der Waals surface area contributed by atoms with Gasteiger partial charge in [-0.1, -0.05) is 24.3 Å². The van der Waals surface area contributed by atoms with Crippen molar-refractivity contribution >= 4 is 18.2 Å². The molecule has 1 aliphatic rings. The molecule has 5 nitrogen and oxygen atoms in total. The Morgan fingerprint density at radius 3 is 2.67 bits per heavy atom. The summed E-state index contributed by atoms with van der Waals surface area (Å²) in [6, 6.07) is 6.22. The molecule has 1 unspecified atom stereocenters. The summed E-state index contributed by atoms with van der Waals surface area (Å²) in [5.74, 6) is -0.996. The first-order valence-electron chi connectivity index (χ1n) is 5.72. The zero-order valence-corrected chi connectivity index (χ0v) is 10.0. The zero-order valence-electron chi connectivity index (χ0n) is 10.0. The zero-order chi connectivity index (χ0) is 13.1. The summed E-state index contributed by atoms with van der Waals surface area (Å²) >= 11 is 0. The minimum absolute atomic E-state index is 0.295. The molecule has 94 valence electrons. The second-order valence-electron chi connectivity index (χ2n) is 4.12. The lowest BCUT2D eigenvalue weighted by atomic mass is 9.94. The average Bonchev–Trinajstić information content (AvgIpc) is 2.37. The Balaban J connectivity index is 2.34. The normalized spacial score (nSPS) is 18.7. The Hall–Kier alpha value is -2.17. The van der Waals surface area contributed by atoms with E-state index in [0.29, 0.717) is 13.0 Å². The van der Waals surface area contributed by atoms with Gasteiger partial charge >= 0.3 is 12.0 Å². The van der Waals surface area contributed by atoms with Gasteiger partial charge in [-0.25, -0.2) is 14.6 Å². The number of rotatable bonds is 1. The molecule has 18 heavy (non-hydrogen) atoms. The van der Waals surface area contributed by atoms with Crippen LogP contribution in [0.2, 0.25) is 0 Å². The second kappa shape index (κ2) is 5.00. The third-order valence-electron chi connectivity index (χ3n) is 3.02. The molecule has 0 fully saturated rings. The van der Waals surface area contributed by atoms with Crippen LogP contribution in [0.15, 0.2) is 29.3 Å². The second-order valence-corrected chi connectivity index (χ2v) is 4.12. The number of hydrogen-bond acceptors (Lipinski definition) is 2. The molecular weight excluding hydrogens is 232 g/mol. The van der Waals surface area contributed by atoms with Crippen molar-refractivity contribution in [3.8, 4) is 0 Å². The highest BCUT2D eigenvalue weighted by molar-refractivity contribution is 5.87. The van der Waals surface area contributed by atoms with Crippen molar-refractivity contribution in [3.05, 3.63) is 35.4 Å². The molecule has 1 aromatic rings. The maximum absolute atomic E-state index is 11.8. The van der Waals surface area contributed by atoms with Crippen LogP contribution in [0, 0.1) is 0 Å². The molecule has 0 radical (unpaired) electrons. The maximum Gasteiger partial charge on any atom is 0.344 e. The summed E-state index contributed by atoms with van der Waals surface area (Å²) < 4.78 is 0. The number of amides is 2. The van der Waals surface area contributed by atoms with Gasteiger partial charge in [0, 0.05) is 19.2 Å². The molecule has 1 aromatic carbocycles. The number of nitrogens with zero attached hydrogens (tertiary/aromatic N) is 2. The molecular formula is C13H14N2O3. The highest BCUT2D eigenvalue weighted by Crippen LogP contribution is 2.24. The van der Waals surface area contributed by atoms with Crippen LogP contribution in [0.3, 0.4) is 0 Å². The van der Waals surface area contributed by atoms with Crippen LogP contribution < -0.4 is 0 Å². The highest BCUT2D eigenvalue weighted by Gasteiger charge is 2.34. The van der Waals surface area contributed by atoms with Gasteiger partial charge in [0.05, 0.1) is 0 Å². The van der Waals surface area contributed by atoms with Gasteiger partial charge in [0.2, 0.25) is 0 Å². The molecule has 2 amide bonds. The molecule has 1 N–H and O–H groups in total. The predicted molar refractivity (Wildman–Crippen MR) is 66.7 cm³/mol. The van der Waals surface area contributed by atoms with E-state index in [1.807, 2.05) is 24.3 Å². The summed E-state index contributed by atoms with van der Waals surface area (Å²) in [6.45, 7) is 1.93. The number of fused-ring (bicyclic) bond motifs is 1. The number of carboxylic acids is 1.